The van der Waals surface area contributed by atoms with E-state index in [9.17, 15) is 19.2 Å². The van der Waals surface area contributed by atoms with Gasteiger partial charge in [0.1, 0.15) is 10.8 Å². The molecular weight excluding hydrogens is 456 g/mol. The van der Waals surface area contributed by atoms with E-state index in [1.807, 2.05) is 52.0 Å². The summed E-state index contributed by atoms with van der Waals surface area (Å²) in [5, 5.41) is 13.6. The van der Waals surface area contributed by atoms with Gasteiger partial charge in [-0.25, -0.2) is 0 Å². The van der Waals surface area contributed by atoms with E-state index in [1.165, 1.54) is 0 Å². The standard InChI is InChI=1S/C11H10ClNO2.C11H11NO3.2C2H6/c12-9(14)11(6-7-11)10(15)13-8-4-2-1-3-5-8;13-9(11(6-7-11)10(14)15)12-8-4-2-1-3-5-8;2*1-2/h1-5H,6-7H2,(H,13,15);1-5H,6-7H2,(H,12,13)(H,14,15);2*1-2H3. The van der Waals surface area contributed by atoms with E-state index in [2.05, 4.69) is 10.6 Å². The zero-order chi connectivity index (χ0) is 25.8. The highest BCUT2D eigenvalue weighted by molar-refractivity contribution is 6.67. The third-order valence-electron chi connectivity index (χ3n) is 5.22. The summed E-state index contributed by atoms with van der Waals surface area (Å²) in [6, 6.07) is 17.9. The van der Waals surface area contributed by atoms with E-state index < -0.39 is 27.9 Å². The Balaban J connectivity index is 0.000000297. The van der Waals surface area contributed by atoms with E-state index in [4.69, 9.17) is 16.7 Å². The predicted molar refractivity (Wildman–Crippen MR) is 135 cm³/mol. The summed E-state index contributed by atoms with van der Waals surface area (Å²) in [4.78, 5) is 45.3. The van der Waals surface area contributed by atoms with Crippen LogP contribution in [0.3, 0.4) is 0 Å². The Hall–Kier alpha value is -3.19. The zero-order valence-corrected chi connectivity index (χ0v) is 20.8. The van der Waals surface area contributed by atoms with Crippen LogP contribution in [-0.2, 0) is 19.2 Å². The fourth-order valence-corrected chi connectivity index (χ4v) is 3.12. The minimum atomic E-state index is -1.17. The van der Waals surface area contributed by atoms with Crippen molar-refractivity contribution < 1.29 is 24.3 Å². The second-order valence-corrected chi connectivity index (χ2v) is 7.73. The zero-order valence-electron chi connectivity index (χ0n) is 20.1. The number of carboxylic acid groups (broad SMARTS) is 1. The summed E-state index contributed by atoms with van der Waals surface area (Å²) in [6.45, 7) is 8.00. The Morgan fingerprint density at radius 2 is 1.00 bits per heavy atom. The molecule has 8 heteroatoms. The molecule has 2 saturated carbocycles. The Kier molecular flexibility index (Phi) is 11.5. The van der Waals surface area contributed by atoms with Gasteiger partial charge < -0.3 is 15.7 Å². The number of carbonyl (C=O) groups excluding carboxylic acids is 3. The van der Waals surface area contributed by atoms with Crippen molar-refractivity contribution in [3.8, 4) is 0 Å². The first-order chi connectivity index (χ1) is 16.3. The van der Waals surface area contributed by atoms with Gasteiger partial charge in [0.25, 0.3) is 0 Å². The molecular formula is C26H33ClN2O5. The second-order valence-electron chi connectivity index (χ2n) is 7.38. The van der Waals surface area contributed by atoms with Gasteiger partial charge in [0, 0.05) is 11.4 Å². The van der Waals surface area contributed by atoms with Crippen LogP contribution >= 0.6 is 11.6 Å². The lowest BCUT2D eigenvalue weighted by molar-refractivity contribution is -0.147. The van der Waals surface area contributed by atoms with Crippen LogP contribution in [0.25, 0.3) is 0 Å². The van der Waals surface area contributed by atoms with Gasteiger partial charge in [-0.05, 0) is 61.5 Å². The van der Waals surface area contributed by atoms with Crippen LogP contribution in [0, 0.1) is 10.8 Å². The van der Waals surface area contributed by atoms with Gasteiger partial charge in [-0.1, -0.05) is 64.1 Å². The number of hydrogen-bond acceptors (Lipinski definition) is 4. The molecule has 0 bridgehead atoms. The fraction of sp³-hybridized carbons (Fsp3) is 0.385. The number of benzene rings is 2. The maximum Gasteiger partial charge on any atom is 0.319 e. The number of hydrogen-bond donors (Lipinski definition) is 3. The number of anilines is 2. The van der Waals surface area contributed by atoms with Gasteiger partial charge in [0.2, 0.25) is 17.1 Å². The molecule has 3 N–H and O–H groups in total. The molecule has 2 aliphatic carbocycles. The van der Waals surface area contributed by atoms with E-state index in [1.54, 1.807) is 36.4 Å². The average molecular weight is 489 g/mol. The van der Waals surface area contributed by atoms with Gasteiger partial charge in [0.05, 0.1) is 0 Å². The lowest BCUT2D eigenvalue weighted by Crippen LogP contribution is -2.31. The summed E-state index contributed by atoms with van der Waals surface area (Å²) in [7, 11) is 0. The minimum absolute atomic E-state index is 0.297. The smallest absolute Gasteiger partial charge is 0.319 e. The van der Waals surface area contributed by atoms with Crippen LogP contribution in [0.4, 0.5) is 11.4 Å². The molecule has 34 heavy (non-hydrogen) atoms. The van der Waals surface area contributed by atoms with Gasteiger partial charge in [-0.3, -0.25) is 19.2 Å². The third-order valence-corrected chi connectivity index (χ3v) is 5.58. The molecule has 2 amide bonds. The Bertz CT molecular complexity index is 876. The Morgan fingerprint density at radius 1 is 0.676 bits per heavy atom. The normalized spacial score (nSPS) is 15.2. The summed E-state index contributed by atoms with van der Waals surface area (Å²) >= 11 is 5.39. The molecule has 4 rings (SSSR count). The van der Waals surface area contributed by atoms with Gasteiger partial charge in [-0.15, -0.1) is 0 Å². The molecule has 0 heterocycles. The maximum absolute atomic E-state index is 11.7. The number of carboxylic acids is 1. The summed E-state index contributed by atoms with van der Waals surface area (Å²) in [5.41, 5.74) is -0.811. The molecule has 2 aromatic rings. The number of rotatable bonds is 6. The second kappa shape index (κ2) is 13.5. The van der Waals surface area contributed by atoms with Crippen LogP contribution < -0.4 is 10.6 Å². The molecule has 2 aromatic carbocycles. The molecule has 0 aromatic heterocycles. The van der Waals surface area contributed by atoms with Crippen LogP contribution in [0.15, 0.2) is 60.7 Å². The number of aliphatic carboxylic acids is 1. The first-order valence-electron chi connectivity index (χ1n) is 11.5. The van der Waals surface area contributed by atoms with E-state index in [0.717, 1.165) is 0 Å². The maximum atomic E-state index is 11.7. The molecule has 0 spiro atoms. The third kappa shape index (κ3) is 7.42. The molecule has 0 atom stereocenters. The van der Waals surface area contributed by atoms with Crippen molar-refractivity contribution in [3.05, 3.63) is 60.7 Å². The van der Waals surface area contributed by atoms with Crippen LogP contribution in [-0.4, -0.2) is 28.1 Å². The predicted octanol–water partition coefficient (Wildman–Crippen LogP) is 5.71. The first-order valence-corrected chi connectivity index (χ1v) is 11.8. The Morgan fingerprint density at radius 3 is 1.26 bits per heavy atom. The molecule has 184 valence electrons. The van der Waals surface area contributed by atoms with E-state index in [0.29, 0.717) is 37.1 Å². The molecule has 7 nitrogen and oxygen atoms in total. The fourth-order valence-electron chi connectivity index (χ4n) is 2.85. The van der Waals surface area contributed by atoms with Crippen molar-refractivity contribution in [2.24, 2.45) is 10.8 Å². The molecule has 0 aliphatic heterocycles. The van der Waals surface area contributed by atoms with Crippen molar-refractivity contribution in [1.29, 1.82) is 0 Å². The van der Waals surface area contributed by atoms with Gasteiger partial charge >= 0.3 is 5.97 Å². The minimum Gasteiger partial charge on any atom is -0.480 e. The molecule has 2 fully saturated rings. The van der Waals surface area contributed by atoms with Crippen molar-refractivity contribution in [2.45, 2.75) is 53.4 Å². The monoisotopic (exact) mass is 488 g/mol. The van der Waals surface area contributed by atoms with Crippen LogP contribution in [0.1, 0.15) is 53.4 Å². The highest BCUT2D eigenvalue weighted by Gasteiger charge is 2.57. The lowest BCUT2D eigenvalue weighted by atomic mass is 10.1. The van der Waals surface area contributed by atoms with E-state index in [-0.39, 0.29) is 5.91 Å². The average Bonchev–Trinajstić information content (AvgIpc) is 3.77. The van der Waals surface area contributed by atoms with Crippen LogP contribution in [0.5, 0.6) is 0 Å². The largest absolute Gasteiger partial charge is 0.480 e. The summed E-state index contributed by atoms with van der Waals surface area (Å²) in [5.74, 6) is -1.74. The number of amides is 2. The quantitative estimate of drug-likeness (QED) is 0.356. The highest BCUT2D eigenvalue weighted by Crippen LogP contribution is 2.48. The summed E-state index contributed by atoms with van der Waals surface area (Å²) < 4.78 is 0. The molecule has 0 radical (unpaired) electrons. The number of nitrogens with one attached hydrogen (secondary N) is 2. The number of halogens is 1. The van der Waals surface area contributed by atoms with E-state index >= 15 is 0 Å². The van der Waals surface area contributed by atoms with Crippen LogP contribution in [0.2, 0.25) is 0 Å². The summed E-state index contributed by atoms with van der Waals surface area (Å²) in [6.07, 6.45) is 1.96. The number of carbonyl (C=O) groups is 4. The van der Waals surface area contributed by atoms with Gasteiger partial charge in [0.15, 0.2) is 0 Å². The molecule has 2 aliphatic rings. The van der Waals surface area contributed by atoms with Crippen molar-refractivity contribution >= 4 is 46.0 Å². The highest BCUT2D eigenvalue weighted by atomic mass is 35.5. The number of para-hydroxylation sites is 2. The Labute approximate surface area is 205 Å². The topological polar surface area (TPSA) is 113 Å². The lowest BCUT2D eigenvalue weighted by Gasteiger charge is -2.10. The van der Waals surface area contributed by atoms with Gasteiger partial charge in [-0.2, -0.15) is 0 Å². The molecule has 0 unspecified atom stereocenters. The first kappa shape index (κ1) is 28.8. The van der Waals surface area contributed by atoms with Crippen molar-refractivity contribution in [1.82, 2.24) is 0 Å². The SMILES string of the molecule is CC.CC.O=C(Cl)C1(C(=O)Nc2ccccc2)CC1.O=C(O)C1(C(=O)Nc2ccccc2)CC1. The van der Waals surface area contributed by atoms with Crippen molar-refractivity contribution in [3.63, 3.8) is 0 Å². The molecule has 0 saturated heterocycles. The van der Waals surface area contributed by atoms with Crippen molar-refractivity contribution in [2.75, 3.05) is 10.6 Å².